The number of ether oxygens (including phenoxy) is 3. The van der Waals surface area contributed by atoms with Crippen LogP contribution >= 0.6 is 0 Å². The highest BCUT2D eigenvalue weighted by Gasteiger charge is 2.13. The van der Waals surface area contributed by atoms with Gasteiger partial charge < -0.3 is 24.8 Å². The Morgan fingerprint density at radius 2 is 2.12 bits per heavy atom. The fourth-order valence-electron chi connectivity index (χ4n) is 2.25. The molecular formula is C17H19N3O4. The smallest absolute Gasteiger partial charge is 0.253 e. The van der Waals surface area contributed by atoms with E-state index in [1.54, 1.807) is 25.4 Å². The summed E-state index contributed by atoms with van der Waals surface area (Å²) in [5.74, 6) is 1.96. The predicted octanol–water partition coefficient (Wildman–Crippen LogP) is 1.80. The first-order valence-corrected chi connectivity index (χ1v) is 7.62. The number of rotatable bonds is 7. The average Bonchev–Trinajstić information content (AvgIpc) is 3.08. The molecule has 3 rings (SSSR count). The Bertz CT molecular complexity index is 703. The number of benzene rings is 1. The number of pyridine rings is 1. The lowest BCUT2D eigenvalue weighted by atomic mass is 10.2. The molecule has 0 aliphatic carbocycles. The van der Waals surface area contributed by atoms with Gasteiger partial charge in [0.05, 0.1) is 12.2 Å². The summed E-state index contributed by atoms with van der Waals surface area (Å²) in [4.78, 5) is 16.4. The quantitative estimate of drug-likeness (QED) is 0.754. The van der Waals surface area contributed by atoms with E-state index in [-0.39, 0.29) is 12.7 Å². The third kappa shape index (κ3) is 3.94. The van der Waals surface area contributed by atoms with Gasteiger partial charge in [-0.25, -0.2) is 4.98 Å². The topological polar surface area (TPSA) is 81.7 Å². The van der Waals surface area contributed by atoms with Crippen LogP contribution in [0, 0.1) is 0 Å². The summed E-state index contributed by atoms with van der Waals surface area (Å²) in [5, 5.41) is 5.96. The maximum atomic E-state index is 12.2. The molecule has 126 valence electrons. The number of hydrogen-bond acceptors (Lipinski definition) is 6. The van der Waals surface area contributed by atoms with Gasteiger partial charge in [0.1, 0.15) is 5.82 Å². The summed E-state index contributed by atoms with van der Waals surface area (Å²) in [7, 11) is 1.64. The van der Waals surface area contributed by atoms with Crippen LogP contribution in [0.2, 0.25) is 0 Å². The van der Waals surface area contributed by atoms with Crippen LogP contribution < -0.4 is 20.1 Å². The summed E-state index contributed by atoms with van der Waals surface area (Å²) in [6.07, 6.45) is 1.55. The molecule has 1 aromatic heterocycles. The van der Waals surface area contributed by atoms with Crippen LogP contribution in [0.15, 0.2) is 36.5 Å². The summed E-state index contributed by atoms with van der Waals surface area (Å²) in [6.45, 7) is 1.91. The van der Waals surface area contributed by atoms with Crippen LogP contribution in [0.25, 0.3) is 0 Å². The number of nitrogens with one attached hydrogen (secondary N) is 2. The minimum Gasteiger partial charge on any atom is -0.454 e. The van der Waals surface area contributed by atoms with E-state index in [1.165, 1.54) is 0 Å². The lowest BCUT2D eigenvalue weighted by Gasteiger charge is -2.08. The van der Waals surface area contributed by atoms with Crippen LogP contribution in [0.1, 0.15) is 15.9 Å². The second kappa shape index (κ2) is 7.65. The van der Waals surface area contributed by atoms with Crippen LogP contribution in [0.5, 0.6) is 11.5 Å². The highest BCUT2D eigenvalue weighted by Crippen LogP contribution is 2.32. The first kappa shape index (κ1) is 16.1. The van der Waals surface area contributed by atoms with E-state index in [0.717, 1.165) is 11.3 Å². The van der Waals surface area contributed by atoms with Gasteiger partial charge in [-0.15, -0.1) is 0 Å². The van der Waals surface area contributed by atoms with Crippen molar-refractivity contribution >= 4 is 11.7 Å². The summed E-state index contributed by atoms with van der Waals surface area (Å²) < 4.78 is 15.5. The minimum atomic E-state index is -0.177. The molecule has 2 aromatic rings. The van der Waals surface area contributed by atoms with Gasteiger partial charge in [-0.3, -0.25) is 4.79 Å². The molecule has 1 aliphatic heterocycles. The van der Waals surface area contributed by atoms with Gasteiger partial charge in [-0.1, -0.05) is 6.07 Å². The standard InChI is InChI=1S/C17H19N3O4/c1-22-7-6-18-16-5-3-13(10-19-16)17(21)20-9-12-2-4-14-15(8-12)24-11-23-14/h2-5,8,10H,6-7,9,11H2,1H3,(H,18,19)(H,20,21). The van der Waals surface area contributed by atoms with E-state index >= 15 is 0 Å². The van der Waals surface area contributed by atoms with Crippen LogP contribution in [-0.4, -0.2) is 37.9 Å². The molecule has 0 saturated carbocycles. The summed E-state index contributed by atoms with van der Waals surface area (Å²) >= 11 is 0. The molecule has 0 unspecified atom stereocenters. The van der Waals surface area contributed by atoms with Gasteiger partial charge in [-0.2, -0.15) is 0 Å². The second-order valence-electron chi connectivity index (χ2n) is 5.22. The second-order valence-corrected chi connectivity index (χ2v) is 5.22. The molecule has 1 aromatic carbocycles. The van der Waals surface area contributed by atoms with Gasteiger partial charge in [0.2, 0.25) is 6.79 Å². The van der Waals surface area contributed by atoms with E-state index in [4.69, 9.17) is 14.2 Å². The first-order valence-electron chi connectivity index (χ1n) is 7.62. The monoisotopic (exact) mass is 329 g/mol. The van der Waals surface area contributed by atoms with Gasteiger partial charge in [0.25, 0.3) is 5.91 Å². The molecule has 0 fully saturated rings. The number of carbonyl (C=O) groups is 1. The lowest BCUT2D eigenvalue weighted by Crippen LogP contribution is -2.23. The Balaban J connectivity index is 1.53. The van der Waals surface area contributed by atoms with E-state index < -0.39 is 0 Å². The van der Waals surface area contributed by atoms with Crippen molar-refractivity contribution in [1.82, 2.24) is 10.3 Å². The Morgan fingerprint density at radius 3 is 2.92 bits per heavy atom. The van der Waals surface area contributed by atoms with E-state index in [1.807, 2.05) is 18.2 Å². The fourth-order valence-corrected chi connectivity index (χ4v) is 2.25. The fraction of sp³-hybridized carbons (Fsp3) is 0.294. The maximum absolute atomic E-state index is 12.2. The molecule has 2 heterocycles. The van der Waals surface area contributed by atoms with Crippen LogP contribution in [0.4, 0.5) is 5.82 Å². The van der Waals surface area contributed by atoms with Crippen molar-refractivity contribution in [3.8, 4) is 11.5 Å². The molecule has 0 bridgehead atoms. The largest absolute Gasteiger partial charge is 0.454 e. The van der Waals surface area contributed by atoms with E-state index in [9.17, 15) is 4.79 Å². The molecule has 0 atom stereocenters. The molecule has 1 amide bonds. The number of anilines is 1. The molecule has 0 radical (unpaired) electrons. The predicted molar refractivity (Wildman–Crippen MR) is 88.3 cm³/mol. The van der Waals surface area contributed by atoms with Crippen molar-refractivity contribution < 1.29 is 19.0 Å². The molecule has 2 N–H and O–H groups in total. The van der Waals surface area contributed by atoms with Crippen molar-refractivity contribution in [3.05, 3.63) is 47.7 Å². The van der Waals surface area contributed by atoms with Crippen LogP contribution in [0.3, 0.4) is 0 Å². The highest BCUT2D eigenvalue weighted by atomic mass is 16.7. The highest BCUT2D eigenvalue weighted by molar-refractivity contribution is 5.94. The summed E-state index contributed by atoms with van der Waals surface area (Å²) in [5.41, 5.74) is 1.45. The van der Waals surface area contributed by atoms with Crippen molar-refractivity contribution in [2.45, 2.75) is 6.54 Å². The maximum Gasteiger partial charge on any atom is 0.253 e. The molecule has 0 spiro atoms. The molecule has 24 heavy (non-hydrogen) atoms. The molecule has 1 aliphatic rings. The third-order valence-electron chi connectivity index (χ3n) is 3.53. The molecule has 0 saturated heterocycles. The number of aromatic nitrogens is 1. The Labute approximate surface area is 139 Å². The minimum absolute atomic E-state index is 0.177. The van der Waals surface area contributed by atoms with Gasteiger partial charge >= 0.3 is 0 Å². The van der Waals surface area contributed by atoms with Gasteiger partial charge in [-0.05, 0) is 29.8 Å². The average molecular weight is 329 g/mol. The molecule has 7 nitrogen and oxygen atoms in total. The summed E-state index contributed by atoms with van der Waals surface area (Å²) in [6, 6.07) is 9.10. The zero-order valence-electron chi connectivity index (χ0n) is 13.4. The first-order chi connectivity index (χ1) is 11.8. The zero-order chi connectivity index (χ0) is 16.8. The van der Waals surface area contributed by atoms with Gasteiger partial charge in [0, 0.05) is 26.4 Å². The Morgan fingerprint density at radius 1 is 1.25 bits per heavy atom. The Hall–Kier alpha value is -2.80. The zero-order valence-corrected chi connectivity index (χ0v) is 13.4. The van der Waals surface area contributed by atoms with E-state index in [2.05, 4.69) is 15.6 Å². The SMILES string of the molecule is COCCNc1ccc(C(=O)NCc2ccc3c(c2)OCO3)cn1. The normalized spacial score (nSPS) is 12.0. The van der Waals surface area contributed by atoms with Crippen molar-refractivity contribution in [2.75, 3.05) is 32.4 Å². The number of hydrogen-bond donors (Lipinski definition) is 2. The molecule has 7 heteroatoms. The van der Waals surface area contributed by atoms with Crippen molar-refractivity contribution in [3.63, 3.8) is 0 Å². The number of carbonyl (C=O) groups excluding carboxylic acids is 1. The number of fused-ring (bicyclic) bond motifs is 1. The molecular weight excluding hydrogens is 310 g/mol. The van der Waals surface area contributed by atoms with Crippen LogP contribution in [-0.2, 0) is 11.3 Å². The third-order valence-corrected chi connectivity index (χ3v) is 3.53. The van der Waals surface area contributed by atoms with E-state index in [0.29, 0.717) is 36.8 Å². The number of methoxy groups -OCH3 is 1. The van der Waals surface area contributed by atoms with Crippen molar-refractivity contribution in [1.29, 1.82) is 0 Å². The number of nitrogens with zero attached hydrogens (tertiary/aromatic N) is 1. The number of amides is 1. The van der Waals surface area contributed by atoms with Gasteiger partial charge in [0.15, 0.2) is 11.5 Å². The van der Waals surface area contributed by atoms with Crippen molar-refractivity contribution in [2.24, 2.45) is 0 Å². The Kier molecular flexibility index (Phi) is 5.12. The lowest BCUT2D eigenvalue weighted by molar-refractivity contribution is 0.0950.